The molecule has 0 unspecified atom stereocenters. The molecule has 1 rings (SSSR count). The summed E-state index contributed by atoms with van der Waals surface area (Å²) in [5.74, 6) is 1.12. The van der Waals surface area contributed by atoms with Gasteiger partial charge in [-0.3, -0.25) is 4.99 Å². The first-order valence-corrected chi connectivity index (χ1v) is 4.83. The van der Waals surface area contributed by atoms with Crippen LogP contribution >= 0.6 is 36.6 Å². The summed E-state index contributed by atoms with van der Waals surface area (Å²) in [5.41, 5.74) is 0. The molecule has 1 aliphatic heterocycles. The third-order valence-corrected chi connectivity index (χ3v) is 2.35. The molecule has 1 aliphatic rings. The van der Waals surface area contributed by atoms with Crippen molar-refractivity contribution in [2.75, 3.05) is 39.5 Å². The lowest BCUT2D eigenvalue weighted by molar-refractivity contribution is 0.437. The van der Waals surface area contributed by atoms with Crippen molar-refractivity contribution in [2.45, 2.75) is 0 Å². The Hall–Kier alpha value is 0.360. The maximum Gasteiger partial charge on any atom is 0.156 e. The summed E-state index contributed by atoms with van der Waals surface area (Å²) < 4.78 is 0. The van der Waals surface area contributed by atoms with Crippen molar-refractivity contribution in [3.63, 3.8) is 0 Å². The van der Waals surface area contributed by atoms with E-state index < -0.39 is 0 Å². The molecular formula is C7H17Cl2N3S. The summed E-state index contributed by atoms with van der Waals surface area (Å²) >= 11 is 1.81. The minimum absolute atomic E-state index is 0. The first-order chi connectivity index (χ1) is 5.29. The lowest BCUT2D eigenvalue weighted by Gasteiger charge is -2.08. The van der Waals surface area contributed by atoms with Gasteiger partial charge in [0.2, 0.25) is 0 Å². The Balaban J connectivity index is 0. The molecule has 0 saturated heterocycles. The molecule has 0 aliphatic carbocycles. The summed E-state index contributed by atoms with van der Waals surface area (Å²) in [6, 6.07) is 0. The van der Waals surface area contributed by atoms with Gasteiger partial charge >= 0.3 is 0 Å². The van der Waals surface area contributed by atoms with E-state index in [9.17, 15) is 0 Å². The molecule has 0 amide bonds. The Morgan fingerprint density at radius 3 is 2.62 bits per heavy atom. The third kappa shape index (κ3) is 7.43. The van der Waals surface area contributed by atoms with Gasteiger partial charge in [-0.15, -0.1) is 24.8 Å². The van der Waals surface area contributed by atoms with Gasteiger partial charge in [-0.25, -0.2) is 0 Å². The predicted octanol–water partition coefficient (Wildman–Crippen LogP) is 1.08. The number of rotatable bonds is 3. The number of hydrogen-bond donors (Lipinski definition) is 1. The molecular weight excluding hydrogens is 229 g/mol. The molecule has 1 N–H and O–H groups in total. The van der Waals surface area contributed by atoms with E-state index in [0.29, 0.717) is 0 Å². The zero-order valence-electron chi connectivity index (χ0n) is 7.95. The second-order valence-electron chi connectivity index (χ2n) is 2.77. The first kappa shape index (κ1) is 15.8. The van der Waals surface area contributed by atoms with E-state index >= 15 is 0 Å². The Kier molecular flexibility index (Phi) is 10.9. The van der Waals surface area contributed by atoms with E-state index in [1.54, 1.807) is 0 Å². The number of amidine groups is 1. The average molecular weight is 246 g/mol. The van der Waals surface area contributed by atoms with Gasteiger partial charge in [0.1, 0.15) is 0 Å². The minimum Gasteiger partial charge on any atom is -0.363 e. The summed E-state index contributed by atoms with van der Waals surface area (Å²) in [6.07, 6.45) is 0. The molecule has 3 nitrogen and oxygen atoms in total. The van der Waals surface area contributed by atoms with Gasteiger partial charge in [0.25, 0.3) is 0 Å². The zero-order chi connectivity index (χ0) is 8.10. The summed E-state index contributed by atoms with van der Waals surface area (Å²) in [6.45, 7) is 3.08. The van der Waals surface area contributed by atoms with Gasteiger partial charge in [-0.2, -0.15) is 0 Å². The van der Waals surface area contributed by atoms with Crippen molar-refractivity contribution in [1.82, 2.24) is 10.2 Å². The van der Waals surface area contributed by atoms with Crippen molar-refractivity contribution >= 4 is 41.7 Å². The Morgan fingerprint density at radius 2 is 2.15 bits per heavy atom. The van der Waals surface area contributed by atoms with E-state index in [1.807, 2.05) is 11.8 Å². The molecule has 6 heteroatoms. The number of hydrogen-bond acceptors (Lipinski definition) is 4. The van der Waals surface area contributed by atoms with Crippen LogP contribution in [0.25, 0.3) is 0 Å². The molecule has 0 atom stereocenters. The normalized spacial score (nSPS) is 14.2. The van der Waals surface area contributed by atoms with Crippen LogP contribution in [-0.4, -0.2) is 49.6 Å². The molecule has 13 heavy (non-hydrogen) atoms. The first-order valence-electron chi connectivity index (χ1n) is 3.85. The fourth-order valence-electron chi connectivity index (χ4n) is 0.798. The standard InChI is InChI=1S/C7H15N3S.2ClH/c1-10(2)5-6-11-7-8-3-4-9-7;;/h3-6H2,1-2H3,(H,8,9);2*1H. The lowest BCUT2D eigenvalue weighted by Crippen LogP contribution is -2.19. The second kappa shape index (κ2) is 8.94. The number of aliphatic imine (C=N–C) groups is 1. The van der Waals surface area contributed by atoms with Gasteiger partial charge in [-0.1, -0.05) is 11.8 Å². The topological polar surface area (TPSA) is 27.6 Å². The smallest absolute Gasteiger partial charge is 0.156 e. The molecule has 0 spiro atoms. The van der Waals surface area contributed by atoms with Crippen LogP contribution in [0.5, 0.6) is 0 Å². The molecule has 0 fully saturated rings. The van der Waals surface area contributed by atoms with Crippen molar-refractivity contribution in [3.8, 4) is 0 Å². The second-order valence-corrected chi connectivity index (χ2v) is 3.85. The van der Waals surface area contributed by atoms with Gasteiger partial charge in [0, 0.05) is 18.8 Å². The van der Waals surface area contributed by atoms with Gasteiger partial charge in [0.15, 0.2) is 5.17 Å². The van der Waals surface area contributed by atoms with E-state index in [2.05, 4.69) is 29.3 Å². The van der Waals surface area contributed by atoms with Gasteiger partial charge < -0.3 is 10.2 Å². The number of nitrogens with zero attached hydrogens (tertiary/aromatic N) is 2. The number of thioether (sulfide) groups is 1. The maximum absolute atomic E-state index is 4.28. The van der Waals surface area contributed by atoms with Gasteiger partial charge in [-0.05, 0) is 14.1 Å². The predicted molar refractivity (Wildman–Crippen MR) is 65.8 cm³/mol. The van der Waals surface area contributed by atoms with Crippen molar-refractivity contribution in [3.05, 3.63) is 0 Å². The van der Waals surface area contributed by atoms with Crippen LogP contribution in [0.2, 0.25) is 0 Å². The molecule has 0 aromatic rings. The van der Waals surface area contributed by atoms with Crippen molar-refractivity contribution in [1.29, 1.82) is 0 Å². The van der Waals surface area contributed by atoms with Crippen LogP contribution in [0.4, 0.5) is 0 Å². The van der Waals surface area contributed by atoms with Crippen LogP contribution in [0, 0.1) is 0 Å². The summed E-state index contributed by atoms with van der Waals surface area (Å²) in [7, 11) is 4.18. The van der Waals surface area contributed by atoms with E-state index in [1.165, 1.54) is 0 Å². The highest BCUT2D eigenvalue weighted by Gasteiger charge is 2.04. The zero-order valence-corrected chi connectivity index (χ0v) is 10.4. The molecule has 1 heterocycles. The number of nitrogens with one attached hydrogen (secondary N) is 1. The molecule has 0 aromatic heterocycles. The Labute approximate surface area is 96.6 Å². The highest BCUT2D eigenvalue weighted by Crippen LogP contribution is 2.04. The molecule has 0 saturated carbocycles. The van der Waals surface area contributed by atoms with Crippen molar-refractivity contribution in [2.24, 2.45) is 4.99 Å². The fourth-order valence-corrected chi connectivity index (χ4v) is 1.83. The highest BCUT2D eigenvalue weighted by molar-refractivity contribution is 8.13. The SMILES string of the molecule is CN(C)CCSC1=NCCN1.Cl.Cl. The Bertz CT molecular complexity index is 153. The average Bonchev–Trinajstić information content (AvgIpc) is 2.39. The highest BCUT2D eigenvalue weighted by atomic mass is 35.5. The molecule has 0 radical (unpaired) electrons. The largest absolute Gasteiger partial charge is 0.363 e. The van der Waals surface area contributed by atoms with Crippen LogP contribution in [0.15, 0.2) is 4.99 Å². The lowest BCUT2D eigenvalue weighted by atomic mass is 10.7. The Morgan fingerprint density at radius 1 is 1.46 bits per heavy atom. The third-order valence-electron chi connectivity index (χ3n) is 1.42. The molecule has 80 valence electrons. The van der Waals surface area contributed by atoms with Gasteiger partial charge in [0.05, 0.1) is 6.54 Å². The fraction of sp³-hybridized carbons (Fsp3) is 0.857. The molecule has 0 bridgehead atoms. The van der Waals surface area contributed by atoms with E-state index in [4.69, 9.17) is 0 Å². The minimum atomic E-state index is 0. The van der Waals surface area contributed by atoms with Crippen LogP contribution < -0.4 is 5.32 Å². The molecule has 0 aromatic carbocycles. The maximum atomic E-state index is 4.28. The van der Waals surface area contributed by atoms with Crippen molar-refractivity contribution < 1.29 is 0 Å². The van der Waals surface area contributed by atoms with Crippen LogP contribution in [0.1, 0.15) is 0 Å². The number of halogens is 2. The van der Waals surface area contributed by atoms with Crippen LogP contribution in [0.3, 0.4) is 0 Å². The van der Waals surface area contributed by atoms with E-state index in [0.717, 1.165) is 30.6 Å². The monoisotopic (exact) mass is 245 g/mol. The summed E-state index contributed by atoms with van der Waals surface area (Å²) in [4.78, 5) is 6.47. The quantitative estimate of drug-likeness (QED) is 0.807. The van der Waals surface area contributed by atoms with Crippen LogP contribution in [-0.2, 0) is 0 Å². The van der Waals surface area contributed by atoms with E-state index in [-0.39, 0.29) is 24.8 Å². The summed E-state index contributed by atoms with van der Waals surface area (Å²) in [5, 5.41) is 4.34.